The van der Waals surface area contributed by atoms with Crippen molar-refractivity contribution < 1.29 is 4.79 Å². The zero-order valence-electron chi connectivity index (χ0n) is 12.8. The standard InChI is InChI=1S/C16H25N3O/c1-16(8-5-4-6-9-16)12-18-13-7-10-17-14(11-13)15(20)19(2)3/h7,10-11H,4-6,8-9,12H2,1-3H3,(H,17,18). The molecule has 0 unspecified atom stereocenters. The molecule has 1 amide bonds. The van der Waals surface area contributed by atoms with E-state index < -0.39 is 0 Å². The second kappa shape index (κ2) is 6.25. The van der Waals surface area contributed by atoms with E-state index in [1.54, 1.807) is 25.2 Å². The summed E-state index contributed by atoms with van der Waals surface area (Å²) in [7, 11) is 3.49. The van der Waals surface area contributed by atoms with E-state index in [1.165, 1.54) is 32.1 Å². The van der Waals surface area contributed by atoms with Gasteiger partial charge < -0.3 is 10.2 Å². The molecule has 0 radical (unpaired) electrons. The Bertz CT molecular complexity index is 465. The molecule has 1 heterocycles. The van der Waals surface area contributed by atoms with Gasteiger partial charge in [-0.05, 0) is 30.4 Å². The van der Waals surface area contributed by atoms with Gasteiger partial charge in [-0.1, -0.05) is 26.2 Å². The van der Waals surface area contributed by atoms with Gasteiger partial charge in [0, 0.05) is 32.5 Å². The van der Waals surface area contributed by atoms with Crippen molar-refractivity contribution in [2.24, 2.45) is 5.41 Å². The Kier molecular flexibility index (Phi) is 4.63. The minimum absolute atomic E-state index is 0.0578. The number of rotatable bonds is 4. The lowest BCUT2D eigenvalue weighted by Gasteiger charge is -2.34. The highest BCUT2D eigenvalue weighted by Gasteiger charge is 2.26. The highest BCUT2D eigenvalue weighted by atomic mass is 16.2. The third kappa shape index (κ3) is 3.71. The molecule has 0 aliphatic heterocycles. The van der Waals surface area contributed by atoms with Crippen molar-refractivity contribution in [2.45, 2.75) is 39.0 Å². The van der Waals surface area contributed by atoms with Gasteiger partial charge in [0.15, 0.2) is 0 Å². The van der Waals surface area contributed by atoms with Crippen molar-refractivity contribution in [3.8, 4) is 0 Å². The number of anilines is 1. The summed E-state index contributed by atoms with van der Waals surface area (Å²) in [4.78, 5) is 17.6. The van der Waals surface area contributed by atoms with Gasteiger partial charge in [-0.2, -0.15) is 0 Å². The number of amides is 1. The van der Waals surface area contributed by atoms with Crippen LogP contribution in [0.3, 0.4) is 0 Å². The summed E-state index contributed by atoms with van der Waals surface area (Å²) in [5.74, 6) is -0.0578. The first-order chi connectivity index (χ1) is 9.50. The van der Waals surface area contributed by atoms with Gasteiger partial charge in [-0.15, -0.1) is 0 Å². The molecular formula is C16H25N3O. The minimum Gasteiger partial charge on any atom is -0.384 e. The van der Waals surface area contributed by atoms with Crippen LogP contribution < -0.4 is 5.32 Å². The van der Waals surface area contributed by atoms with Gasteiger partial charge in [-0.3, -0.25) is 9.78 Å². The molecule has 0 aromatic carbocycles. The van der Waals surface area contributed by atoms with Crippen LogP contribution in [0.2, 0.25) is 0 Å². The van der Waals surface area contributed by atoms with Gasteiger partial charge in [0.2, 0.25) is 0 Å². The van der Waals surface area contributed by atoms with Gasteiger partial charge in [0.05, 0.1) is 0 Å². The van der Waals surface area contributed by atoms with Crippen molar-refractivity contribution in [2.75, 3.05) is 26.0 Å². The first-order valence-corrected chi connectivity index (χ1v) is 7.42. The van der Waals surface area contributed by atoms with E-state index in [1.807, 2.05) is 12.1 Å². The third-order valence-corrected chi connectivity index (χ3v) is 4.17. The van der Waals surface area contributed by atoms with Gasteiger partial charge >= 0.3 is 0 Å². The van der Waals surface area contributed by atoms with E-state index in [0.717, 1.165) is 12.2 Å². The monoisotopic (exact) mass is 275 g/mol. The summed E-state index contributed by atoms with van der Waals surface area (Å²) in [6.07, 6.45) is 8.30. The number of carbonyl (C=O) groups excluding carboxylic acids is 1. The molecule has 1 fully saturated rings. The molecule has 1 saturated carbocycles. The zero-order valence-corrected chi connectivity index (χ0v) is 12.8. The fraction of sp³-hybridized carbons (Fsp3) is 0.625. The predicted octanol–water partition coefficient (Wildman–Crippen LogP) is 3.17. The minimum atomic E-state index is -0.0578. The van der Waals surface area contributed by atoms with Crippen LogP contribution in [0.15, 0.2) is 18.3 Å². The number of nitrogens with one attached hydrogen (secondary N) is 1. The van der Waals surface area contributed by atoms with E-state index in [9.17, 15) is 4.79 Å². The lowest BCUT2D eigenvalue weighted by atomic mass is 9.76. The van der Waals surface area contributed by atoms with Crippen molar-refractivity contribution >= 4 is 11.6 Å². The van der Waals surface area contributed by atoms with E-state index >= 15 is 0 Å². The van der Waals surface area contributed by atoms with Crippen LogP contribution in [0.25, 0.3) is 0 Å². The number of hydrogen-bond donors (Lipinski definition) is 1. The SMILES string of the molecule is CN(C)C(=O)c1cc(NCC2(C)CCCCC2)ccn1. The first kappa shape index (κ1) is 14.8. The molecule has 110 valence electrons. The number of carbonyl (C=O) groups is 1. The number of pyridine rings is 1. The summed E-state index contributed by atoms with van der Waals surface area (Å²) in [6, 6.07) is 3.77. The molecule has 0 bridgehead atoms. The molecule has 20 heavy (non-hydrogen) atoms. The Morgan fingerprint density at radius 1 is 1.35 bits per heavy atom. The van der Waals surface area contributed by atoms with Crippen LogP contribution in [0, 0.1) is 5.41 Å². The van der Waals surface area contributed by atoms with Crippen molar-refractivity contribution in [1.82, 2.24) is 9.88 Å². The molecular weight excluding hydrogens is 250 g/mol. The maximum atomic E-state index is 11.9. The lowest BCUT2D eigenvalue weighted by Crippen LogP contribution is -2.29. The van der Waals surface area contributed by atoms with Crippen LogP contribution >= 0.6 is 0 Å². The molecule has 1 aliphatic rings. The summed E-state index contributed by atoms with van der Waals surface area (Å²) in [6.45, 7) is 3.32. The summed E-state index contributed by atoms with van der Waals surface area (Å²) in [5.41, 5.74) is 1.86. The second-order valence-electron chi connectivity index (χ2n) is 6.35. The Morgan fingerprint density at radius 3 is 2.70 bits per heavy atom. The van der Waals surface area contributed by atoms with Crippen molar-refractivity contribution in [1.29, 1.82) is 0 Å². The lowest BCUT2D eigenvalue weighted by molar-refractivity contribution is 0.0822. The van der Waals surface area contributed by atoms with Gasteiger partial charge in [0.1, 0.15) is 5.69 Å². The number of hydrogen-bond acceptors (Lipinski definition) is 3. The molecule has 4 nitrogen and oxygen atoms in total. The Balaban J connectivity index is 1.99. The van der Waals surface area contributed by atoms with E-state index in [0.29, 0.717) is 11.1 Å². The number of nitrogens with zero attached hydrogens (tertiary/aromatic N) is 2. The Hall–Kier alpha value is -1.58. The number of aromatic nitrogens is 1. The van der Waals surface area contributed by atoms with Crippen LogP contribution in [0.4, 0.5) is 5.69 Å². The molecule has 1 aromatic rings. The van der Waals surface area contributed by atoms with Crippen LogP contribution in [-0.4, -0.2) is 36.4 Å². The first-order valence-electron chi connectivity index (χ1n) is 7.42. The van der Waals surface area contributed by atoms with Crippen LogP contribution in [0.5, 0.6) is 0 Å². The molecule has 1 aromatic heterocycles. The molecule has 0 atom stereocenters. The maximum absolute atomic E-state index is 11.9. The van der Waals surface area contributed by atoms with Gasteiger partial charge in [0.25, 0.3) is 5.91 Å². The molecule has 0 saturated heterocycles. The normalized spacial score (nSPS) is 17.6. The summed E-state index contributed by atoms with van der Waals surface area (Å²) >= 11 is 0. The fourth-order valence-corrected chi connectivity index (χ4v) is 2.78. The summed E-state index contributed by atoms with van der Waals surface area (Å²) in [5, 5.41) is 3.48. The summed E-state index contributed by atoms with van der Waals surface area (Å²) < 4.78 is 0. The van der Waals surface area contributed by atoms with Gasteiger partial charge in [-0.25, -0.2) is 0 Å². The van der Waals surface area contributed by atoms with E-state index in [-0.39, 0.29) is 5.91 Å². The average Bonchev–Trinajstić information content (AvgIpc) is 2.45. The van der Waals surface area contributed by atoms with Crippen molar-refractivity contribution in [3.05, 3.63) is 24.0 Å². The highest BCUT2D eigenvalue weighted by Crippen LogP contribution is 2.35. The fourth-order valence-electron chi connectivity index (χ4n) is 2.78. The second-order valence-corrected chi connectivity index (χ2v) is 6.35. The van der Waals surface area contributed by atoms with Crippen LogP contribution in [0.1, 0.15) is 49.5 Å². The molecule has 0 spiro atoms. The molecule has 2 rings (SSSR count). The van der Waals surface area contributed by atoms with E-state index in [4.69, 9.17) is 0 Å². The smallest absolute Gasteiger partial charge is 0.272 e. The van der Waals surface area contributed by atoms with E-state index in [2.05, 4.69) is 17.2 Å². The van der Waals surface area contributed by atoms with Crippen molar-refractivity contribution in [3.63, 3.8) is 0 Å². The average molecular weight is 275 g/mol. The zero-order chi connectivity index (χ0) is 14.6. The maximum Gasteiger partial charge on any atom is 0.272 e. The van der Waals surface area contributed by atoms with Crippen LogP contribution in [-0.2, 0) is 0 Å². The quantitative estimate of drug-likeness (QED) is 0.918. The molecule has 4 heteroatoms. The Labute approximate surface area is 121 Å². The molecule has 1 N–H and O–H groups in total. The molecule has 1 aliphatic carbocycles. The highest BCUT2D eigenvalue weighted by molar-refractivity contribution is 5.92. The third-order valence-electron chi connectivity index (χ3n) is 4.17. The predicted molar refractivity (Wildman–Crippen MR) is 81.9 cm³/mol. The largest absolute Gasteiger partial charge is 0.384 e. The topological polar surface area (TPSA) is 45.2 Å². The Morgan fingerprint density at radius 2 is 2.05 bits per heavy atom.